The lowest BCUT2D eigenvalue weighted by molar-refractivity contribution is -0.274. The topological polar surface area (TPSA) is 35.5 Å². The van der Waals surface area contributed by atoms with E-state index in [-0.39, 0.29) is 25.0 Å². The number of hydrogen-bond donors (Lipinski definition) is 0. The van der Waals surface area contributed by atoms with Crippen molar-refractivity contribution in [2.45, 2.75) is 32.6 Å². The molecule has 118 valence electrons. The monoisotopic (exact) mass is 312 g/mol. The van der Waals surface area contributed by atoms with Gasteiger partial charge in [-0.15, -0.1) is 13.2 Å². The lowest BCUT2D eigenvalue weighted by Gasteiger charge is -2.14. The molecule has 3 nitrogen and oxygen atoms in total. The molecule has 0 unspecified atom stereocenters. The molecule has 8 heteroatoms. The number of ether oxygens (including phenoxy) is 2. The minimum atomic E-state index is -5.00. The fourth-order valence-corrected chi connectivity index (χ4v) is 1.60. The van der Waals surface area contributed by atoms with Crippen LogP contribution >= 0.6 is 0 Å². The van der Waals surface area contributed by atoms with Crippen LogP contribution in [0, 0.1) is 0 Å². The highest BCUT2D eigenvalue weighted by Gasteiger charge is 2.32. The first kappa shape index (κ1) is 17.2. The van der Waals surface area contributed by atoms with Gasteiger partial charge in [-0.05, 0) is 25.0 Å². The van der Waals surface area contributed by atoms with Gasteiger partial charge in [0.1, 0.15) is 5.75 Å². The second-order valence-electron chi connectivity index (χ2n) is 4.02. The van der Waals surface area contributed by atoms with Crippen molar-refractivity contribution in [3.63, 3.8) is 0 Å². The first-order chi connectivity index (χ1) is 9.73. The zero-order chi connectivity index (χ0) is 16.0. The van der Waals surface area contributed by atoms with Gasteiger partial charge < -0.3 is 9.47 Å². The summed E-state index contributed by atoms with van der Waals surface area (Å²) in [5.74, 6) is -1.32. The van der Waals surface area contributed by atoms with Gasteiger partial charge in [-0.3, -0.25) is 4.79 Å². The van der Waals surface area contributed by atoms with E-state index in [9.17, 15) is 26.7 Å². The Bertz CT molecular complexity index is 485. The normalized spacial score (nSPS) is 11.6. The van der Waals surface area contributed by atoms with Crippen LogP contribution in [-0.2, 0) is 16.0 Å². The maximum atomic E-state index is 12.5. The van der Waals surface area contributed by atoms with Crippen LogP contribution in [0.15, 0.2) is 18.2 Å². The highest BCUT2D eigenvalue weighted by molar-refractivity contribution is 5.69. The van der Waals surface area contributed by atoms with Gasteiger partial charge in [0, 0.05) is 12.0 Å². The van der Waals surface area contributed by atoms with E-state index < -0.39 is 30.1 Å². The highest BCUT2D eigenvalue weighted by Crippen LogP contribution is 2.31. The summed E-state index contributed by atoms with van der Waals surface area (Å²) in [6, 6.07) is 2.70. The second-order valence-corrected chi connectivity index (χ2v) is 4.02. The maximum Gasteiger partial charge on any atom is 0.573 e. The third-order valence-corrected chi connectivity index (χ3v) is 2.47. The SMILES string of the molecule is CCOC(=O)CCc1ccc(C(F)F)cc1OC(F)(F)F. The molecule has 0 aliphatic heterocycles. The Morgan fingerprint density at radius 2 is 1.95 bits per heavy atom. The lowest BCUT2D eigenvalue weighted by Crippen LogP contribution is -2.18. The molecule has 0 bridgehead atoms. The van der Waals surface area contributed by atoms with E-state index in [2.05, 4.69) is 9.47 Å². The highest BCUT2D eigenvalue weighted by atomic mass is 19.4. The minimum absolute atomic E-state index is 0.00442. The molecule has 0 aliphatic rings. The van der Waals surface area contributed by atoms with E-state index in [1.807, 2.05) is 0 Å². The molecule has 0 spiro atoms. The Kier molecular flexibility index (Phi) is 5.92. The van der Waals surface area contributed by atoms with Gasteiger partial charge in [-0.25, -0.2) is 8.78 Å². The Hall–Kier alpha value is -1.86. The molecule has 1 aromatic carbocycles. The molecule has 1 aromatic rings. The van der Waals surface area contributed by atoms with E-state index in [1.54, 1.807) is 6.92 Å². The molecule has 21 heavy (non-hydrogen) atoms. The molecular weight excluding hydrogens is 299 g/mol. The van der Waals surface area contributed by atoms with Gasteiger partial charge in [0.05, 0.1) is 6.61 Å². The van der Waals surface area contributed by atoms with E-state index >= 15 is 0 Å². The average Bonchev–Trinajstić information content (AvgIpc) is 2.35. The first-order valence-electron chi connectivity index (χ1n) is 6.05. The van der Waals surface area contributed by atoms with Crippen LogP contribution < -0.4 is 4.74 Å². The molecule has 0 saturated heterocycles. The fourth-order valence-electron chi connectivity index (χ4n) is 1.60. The van der Waals surface area contributed by atoms with Crippen molar-refractivity contribution in [1.82, 2.24) is 0 Å². The van der Waals surface area contributed by atoms with Crippen molar-refractivity contribution in [2.75, 3.05) is 6.61 Å². The van der Waals surface area contributed by atoms with Gasteiger partial charge in [0.25, 0.3) is 6.43 Å². The number of esters is 1. The smallest absolute Gasteiger partial charge is 0.466 e. The third kappa shape index (κ3) is 5.97. The summed E-state index contributed by atoms with van der Waals surface area (Å²) in [5, 5.41) is 0. The molecule has 0 aliphatic carbocycles. The average molecular weight is 312 g/mol. The minimum Gasteiger partial charge on any atom is -0.466 e. The molecule has 1 rings (SSSR count). The Morgan fingerprint density at radius 3 is 2.48 bits per heavy atom. The van der Waals surface area contributed by atoms with E-state index in [0.717, 1.165) is 12.1 Å². The Morgan fingerprint density at radius 1 is 1.29 bits per heavy atom. The Balaban J connectivity index is 2.93. The van der Waals surface area contributed by atoms with E-state index in [1.165, 1.54) is 0 Å². The standard InChI is InChI=1S/C13H13F5O3/c1-2-20-11(19)6-5-8-3-4-9(12(14)15)7-10(8)21-13(16,17)18/h3-4,7,12H,2,5-6H2,1H3. The number of carbonyl (C=O) groups excluding carboxylic acids is 1. The van der Waals surface area contributed by atoms with Crippen molar-refractivity contribution in [3.8, 4) is 5.75 Å². The zero-order valence-electron chi connectivity index (χ0n) is 11.0. The van der Waals surface area contributed by atoms with Crippen LogP contribution in [0.25, 0.3) is 0 Å². The summed E-state index contributed by atoms with van der Waals surface area (Å²) in [6.45, 7) is 1.74. The van der Waals surface area contributed by atoms with Crippen molar-refractivity contribution in [1.29, 1.82) is 0 Å². The number of hydrogen-bond acceptors (Lipinski definition) is 3. The third-order valence-electron chi connectivity index (χ3n) is 2.47. The summed E-state index contributed by atoms with van der Waals surface area (Å²) in [7, 11) is 0. The van der Waals surface area contributed by atoms with Crippen LogP contribution in [-0.4, -0.2) is 18.9 Å². The van der Waals surface area contributed by atoms with Crippen LogP contribution in [0.2, 0.25) is 0 Å². The van der Waals surface area contributed by atoms with Crippen LogP contribution in [0.4, 0.5) is 22.0 Å². The summed E-state index contributed by atoms with van der Waals surface area (Å²) >= 11 is 0. The molecule has 0 amide bonds. The zero-order valence-corrected chi connectivity index (χ0v) is 11.0. The van der Waals surface area contributed by atoms with Gasteiger partial charge in [0.2, 0.25) is 0 Å². The molecule has 0 fully saturated rings. The largest absolute Gasteiger partial charge is 0.573 e. The predicted molar refractivity (Wildman–Crippen MR) is 63.0 cm³/mol. The molecule has 0 aromatic heterocycles. The van der Waals surface area contributed by atoms with Crippen LogP contribution in [0.3, 0.4) is 0 Å². The molecule has 0 heterocycles. The molecular formula is C13H13F5O3. The molecule has 0 radical (unpaired) electrons. The summed E-state index contributed by atoms with van der Waals surface area (Å²) < 4.78 is 70.2. The first-order valence-corrected chi connectivity index (χ1v) is 6.05. The molecule has 0 N–H and O–H groups in total. The van der Waals surface area contributed by atoms with E-state index in [4.69, 9.17) is 0 Å². The van der Waals surface area contributed by atoms with Gasteiger partial charge in [0.15, 0.2) is 0 Å². The number of carbonyl (C=O) groups is 1. The second kappa shape index (κ2) is 7.24. The Labute approximate surface area is 117 Å². The molecule has 0 saturated carbocycles. The summed E-state index contributed by atoms with van der Waals surface area (Å²) in [6.07, 6.45) is -8.19. The number of rotatable bonds is 6. The summed E-state index contributed by atoms with van der Waals surface area (Å²) in [4.78, 5) is 11.2. The van der Waals surface area contributed by atoms with Crippen molar-refractivity contribution < 1.29 is 36.2 Å². The van der Waals surface area contributed by atoms with Crippen molar-refractivity contribution in [3.05, 3.63) is 29.3 Å². The molecule has 0 atom stereocenters. The van der Waals surface area contributed by atoms with Gasteiger partial charge >= 0.3 is 12.3 Å². The fraction of sp³-hybridized carbons (Fsp3) is 0.462. The van der Waals surface area contributed by atoms with Gasteiger partial charge in [-0.2, -0.15) is 0 Å². The van der Waals surface area contributed by atoms with Crippen molar-refractivity contribution in [2.24, 2.45) is 0 Å². The number of aryl methyl sites for hydroxylation is 1. The van der Waals surface area contributed by atoms with Crippen LogP contribution in [0.1, 0.15) is 30.9 Å². The van der Waals surface area contributed by atoms with Crippen LogP contribution in [0.5, 0.6) is 5.75 Å². The maximum absolute atomic E-state index is 12.5. The summed E-state index contributed by atoms with van der Waals surface area (Å²) in [5.41, 5.74) is -0.584. The quantitative estimate of drug-likeness (QED) is 0.588. The lowest BCUT2D eigenvalue weighted by atomic mass is 10.1. The number of benzene rings is 1. The van der Waals surface area contributed by atoms with E-state index in [0.29, 0.717) is 6.07 Å². The van der Waals surface area contributed by atoms with Gasteiger partial charge in [-0.1, -0.05) is 12.1 Å². The number of alkyl halides is 5. The predicted octanol–water partition coefficient (Wildman–Crippen LogP) is 4.02. The number of halogens is 5. The van der Waals surface area contributed by atoms with Crippen molar-refractivity contribution >= 4 is 5.97 Å².